The number of nitrogens with zero attached hydrogens (tertiary/aromatic N) is 3. The number of allylic oxidation sites excluding steroid dienone is 1. The maximum Gasteiger partial charge on any atom is 0.251 e. The molecule has 2 aromatic carbocycles. The lowest BCUT2D eigenvalue weighted by molar-refractivity contribution is -0.113. The number of benzene rings is 2. The van der Waals surface area contributed by atoms with E-state index in [1.54, 1.807) is 12.1 Å². The van der Waals surface area contributed by atoms with Crippen LogP contribution in [0.1, 0.15) is 41.6 Å². The molecular weight excluding hydrogens is 434 g/mol. The van der Waals surface area contributed by atoms with Gasteiger partial charge in [-0.3, -0.25) is 9.59 Å². The van der Waals surface area contributed by atoms with E-state index in [9.17, 15) is 9.59 Å². The largest absolute Gasteiger partial charge is 0.342 e. The lowest BCUT2D eigenvalue weighted by Gasteiger charge is -2.22. The molecule has 3 aromatic rings. The molecule has 0 saturated carbocycles. The van der Waals surface area contributed by atoms with Crippen molar-refractivity contribution in [2.45, 2.75) is 38.5 Å². The topological polar surface area (TPSA) is 88.9 Å². The number of rotatable bonds is 10. The fourth-order valence-electron chi connectivity index (χ4n) is 3.33. The predicted octanol–water partition coefficient (Wildman–Crippen LogP) is 4.63. The summed E-state index contributed by atoms with van der Waals surface area (Å²) in [4.78, 5) is 25.3. The summed E-state index contributed by atoms with van der Waals surface area (Å²) >= 11 is 1.30. The maximum absolute atomic E-state index is 12.9. The van der Waals surface area contributed by atoms with Gasteiger partial charge < -0.3 is 15.2 Å². The molecule has 0 unspecified atom stereocenters. The molecule has 0 fully saturated rings. The molecule has 0 radical (unpaired) electrons. The molecular formula is C25H29N5O2S. The molecule has 0 aliphatic rings. The van der Waals surface area contributed by atoms with Crippen LogP contribution >= 0.6 is 11.8 Å². The van der Waals surface area contributed by atoms with Gasteiger partial charge in [-0.05, 0) is 37.1 Å². The molecule has 1 heterocycles. The minimum Gasteiger partial charge on any atom is -0.342 e. The lowest BCUT2D eigenvalue weighted by atomic mass is 10.0. The Bertz CT molecular complexity index is 1110. The fraction of sp³-hybridized carbons (Fsp3) is 0.280. The fourth-order valence-corrected chi connectivity index (χ4v) is 4.08. The molecule has 2 amide bonds. The third-order valence-electron chi connectivity index (χ3n) is 4.96. The molecule has 1 atom stereocenters. The van der Waals surface area contributed by atoms with Crippen molar-refractivity contribution < 1.29 is 9.59 Å². The van der Waals surface area contributed by atoms with E-state index in [0.717, 1.165) is 11.3 Å². The van der Waals surface area contributed by atoms with E-state index in [4.69, 9.17) is 0 Å². The second-order valence-corrected chi connectivity index (χ2v) is 8.95. The Hall–Kier alpha value is -3.39. The number of hydrogen-bond acceptors (Lipinski definition) is 5. The minimum absolute atomic E-state index is 0.0748. The van der Waals surface area contributed by atoms with E-state index in [-0.39, 0.29) is 29.5 Å². The van der Waals surface area contributed by atoms with Gasteiger partial charge in [0.1, 0.15) is 0 Å². The standard InChI is InChI=1S/C25H29N5O2S/c1-5-14-30-23(22(17(2)3)27-24(32)19-11-9-10-18(4)15-19)28-29-25(30)33-16-21(31)26-20-12-7-6-8-13-20/h5-13,15,17,22H,1,14,16H2,2-4H3,(H,26,31)(H,27,32)/t22-/m1/s1. The van der Waals surface area contributed by atoms with Crippen molar-refractivity contribution >= 4 is 29.3 Å². The molecule has 3 rings (SSSR count). The first-order valence-electron chi connectivity index (χ1n) is 10.8. The number of aromatic nitrogens is 3. The van der Waals surface area contributed by atoms with Crippen LogP contribution in [0.25, 0.3) is 0 Å². The number of anilines is 1. The molecule has 0 spiro atoms. The summed E-state index contributed by atoms with van der Waals surface area (Å²) in [6.45, 7) is 10.3. The highest BCUT2D eigenvalue weighted by atomic mass is 32.2. The van der Waals surface area contributed by atoms with Gasteiger partial charge in [-0.2, -0.15) is 0 Å². The van der Waals surface area contributed by atoms with Crippen LogP contribution in [0.3, 0.4) is 0 Å². The predicted molar refractivity (Wildman–Crippen MR) is 132 cm³/mol. The van der Waals surface area contributed by atoms with Crippen molar-refractivity contribution in [1.82, 2.24) is 20.1 Å². The molecule has 172 valence electrons. The number of aryl methyl sites for hydroxylation is 1. The molecule has 0 bridgehead atoms. The molecule has 1 aromatic heterocycles. The zero-order chi connectivity index (χ0) is 23.8. The van der Waals surface area contributed by atoms with Gasteiger partial charge in [0.2, 0.25) is 5.91 Å². The van der Waals surface area contributed by atoms with E-state index in [2.05, 4.69) is 27.4 Å². The summed E-state index contributed by atoms with van der Waals surface area (Å²) in [5, 5.41) is 15.3. The average molecular weight is 464 g/mol. The molecule has 0 aliphatic carbocycles. The van der Waals surface area contributed by atoms with Crippen molar-refractivity contribution in [1.29, 1.82) is 0 Å². The van der Waals surface area contributed by atoms with Crippen LogP contribution in [0.15, 0.2) is 72.4 Å². The van der Waals surface area contributed by atoms with Crippen molar-refractivity contribution in [2.75, 3.05) is 11.1 Å². The summed E-state index contributed by atoms with van der Waals surface area (Å²) in [6, 6.07) is 16.4. The van der Waals surface area contributed by atoms with E-state index < -0.39 is 0 Å². The van der Waals surface area contributed by atoms with Gasteiger partial charge in [-0.1, -0.05) is 67.6 Å². The number of amides is 2. The summed E-state index contributed by atoms with van der Waals surface area (Å²) in [6.07, 6.45) is 1.75. The lowest BCUT2D eigenvalue weighted by Crippen LogP contribution is -2.34. The minimum atomic E-state index is -0.349. The zero-order valence-corrected chi connectivity index (χ0v) is 19.9. The summed E-state index contributed by atoms with van der Waals surface area (Å²) < 4.78 is 1.90. The van der Waals surface area contributed by atoms with E-state index in [1.807, 2.05) is 73.9 Å². The van der Waals surface area contributed by atoms with Gasteiger partial charge in [-0.15, -0.1) is 16.8 Å². The molecule has 7 nitrogen and oxygen atoms in total. The second kappa shape index (κ2) is 11.5. The van der Waals surface area contributed by atoms with Crippen LogP contribution < -0.4 is 10.6 Å². The number of carbonyl (C=O) groups excluding carboxylic acids is 2. The van der Waals surface area contributed by atoms with Crippen LogP contribution in [0.2, 0.25) is 0 Å². The average Bonchev–Trinajstić information content (AvgIpc) is 3.18. The smallest absolute Gasteiger partial charge is 0.251 e. The van der Waals surface area contributed by atoms with Crippen LogP contribution in [-0.4, -0.2) is 32.3 Å². The molecule has 0 aliphatic heterocycles. The summed E-state index contributed by atoms with van der Waals surface area (Å²) in [5.41, 5.74) is 2.36. The molecule has 0 saturated heterocycles. The van der Waals surface area contributed by atoms with Gasteiger partial charge in [-0.25, -0.2) is 0 Å². The monoisotopic (exact) mass is 463 g/mol. The normalized spacial score (nSPS) is 11.8. The van der Waals surface area contributed by atoms with Crippen LogP contribution in [0, 0.1) is 12.8 Å². The summed E-state index contributed by atoms with van der Waals surface area (Å²) in [7, 11) is 0. The summed E-state index contributed by atoms with van der Waals surface area (Å²) in [5.74, 6) is 0.602. The van der Waals surface area contributed by atoms with Gasteiger partial charge in [0.25, 0.3) is 5.91 Å². The van der Waals surface area contributed by atoms with Crippen LogP contribution in [0.4, 0.5) is 5.69 Å². The van der Waals surface area contributed by atoms with Crippen LogP contribution in [0.5, 0.6) is 0 Å². The Morgan fingerprint density at radius 3 is 2.55 bits per heavy atom. The Morgan fingerprint density at radius 1 is 1.12 bits per heavy atom. The van der Waals surface area contributed by atoms with Gasteiger partial charge in [0.15, 0.2) is 11.0 Å². The third kappa shape index (κ3) is 6.55. The van der Waals surface area contributed by atoms with E-state index in [0.29, 0.717) is 23.1 Å². The van der Waals surface area contributed by atoms with Crippen molar-refractivity contribution in [3.05, 3.63) is 84.2 Å². The van der Waals surface area contributed by atoms with Gasteiger partial charge >= 0.3 is 0 Å². The zero-order valence-electron chi connectivity index (χ0n) is 19.1. The van der Waals surface area contributed by atoms with Gasteiger partial charge in [0.05, 0.1) is 11.8 Å². The highest BCUT2D eigenvalue weighted by molar-refractivity contribution is 7.99. The second-order valence-electron chi connectivity index (χ2n) is 8.01. The SMILES string of the molecule is C=CCn1c(SCC(=O)Nc2ccccc2)nnc1[C@H](NC(=O)c1cccc(C)c1)C(C)C. The number of carbonyl (C=O) groups is 2. The molecule has 2 N–H and O–H groups in total. The molecule has 33 heavy (non-hydrogen) atoms. The van der Waals surface area contributed by atoms with E-state index >= 15 is 0 Å². The Morgan fingerprint density at radius 2 is 1.88 bits per heavy atom. The Labute approximate surface area is 198 Å². The highest BCUT2D eigenvalue weighted by Crippen LogP contribution is 2.26. The third-order valence-corrected chi connectivity index (χ3v) is 5.93. The number of nitrogens with one attached hydrogen (secondary N) is 2. The van der Waals surface area contributed by atoms with Gasteiger partial charge in [0, 0.05) is 17.8 Å². The first-order chi connectivity index (χ1) is 15.9. The Balaban J connectivity index is 1.76. The van der Waals surface area contributed by atoms with Crippen LogP contribution in [-0.2, 0) is 11.3 Å². The number of para-hydroxylation sites is 1. The highest BCUT2D eigenvalue weighted by Gasteiger charge is 2.26. The first kappa shape index (κ1) is 24.3. The Kier molecular flexibility index (Phi) is 8.43. The van der Waals surface area contributed by atoms with E-state index in [1.165, 1.54) is 11.8 Å². The first-order valence-corrected chi connectivity index (χ1v) is 11.8. The van der Waals surface area contributed by atoms with Crippen molar-refractivity contribution in [2.24, 2.45) is 5.92 Å². The number of thioether (sulfide) groups is 1. The van der Waals surface area contributed by atoms with Crippen molar-refractivity contribution in [3.63, 3.8) is 0 Å². The maximum atomic E-state index is 12.9. The molecule has 8 heteroatoms. The number of hydrogen-bond donors (Lipinski definition) is 2. The quantitative estimate of drug-likeness (QED) is 0.338. The van der Waals surface area contributed by atoms with Crippen molar-refractivity contribution in [3.8, 4) is 0 Å².